The van der Waals surface area contributed by atoms with E-state index in [4.69, 9.17) is 11.5 Å². The van der Waals surface area contributed by atoms with Crippen LogP contribution in [0.25, 0.3) is 10.8 Å². The van der Waals surface area contributed by atoms with E-state index < -0.39 is 12.0 Å². The molecule has 1 amide bonds. The predicted molar refractivity (Wildman–Crippen MR) is 105 cm³/mol. The Hall–Kier alpha value is -3.13. The Morgan fingerprint density at radius 2 is 1.89 bits per heavy atom. The van der Waals surface area contributed by atoms with Gasteiger partial charge < -0.3 is 16.6 Å². The molecule has 144 valence electrons. The number of nitrogens with zero attached hydrogens (tertiary/aromatic N) is 2. The lowest BCUT2D eigenvalue weighted by molar-refractivity contribution is -0.153. The number of aliphatic imine (C=N–C) groups is 1. The highest BCUT2D eigenvalue weighted by atomic mass is 16.4. The number of aliphatic carboxylic acids is 1. The van der Waals surface area contributed by atoms with Crippen molar-refractivity contribution in [2.24, 2.45) is 16.5 Å². The summed E-state index contributed by atoms with van der Waals surface area (Å²) in [7, 11) is 0. The van der Waals surface area contributed by atoms with Crippen LogP contribution in [0.15, 0.2) is 47.5 Å². The van der Waals surface area contributed by atoms with Gasteiger partial charge in [0.1, 0.15) is 6.04 Å². The van der Waals surface area contributed by atoms with Crippen LogP contribution in [0.5, 0.6) is 0 Å². The van der Waals surface area contributed by atoms with Crippen LogP contribution in [0.2, 0.25) is 0 Å². The van der Waals surface area contributed by atoms with Crippen molar-refractivity contribution < 1.29 is 14.7 Å². The third-order valence-corrected chi connectivity index (χ3v) is 4.19. The lowest BCUT2D eigenvalue weighted by Crippen LogP contribution is -2.51. The number of rotatable bonds is 9. The van der Waals surface area contributed by atoms with Crippen molar-refractivity contribution in [1.29, 1.82) is 0 Å². The summed E-state index contributed by atoms with van der Waals surface area (Å²) in [4.78, 5) is 27.6. The van der Waals surface area contributed by atoms with Crippen LogP contribution in [-0.2, 0) is 16.1 Å². The second-order valence-electron chi connectivity index (χ2n) is 6.17. The normalized spacial score (nSPS) is 11.7. The number of amides is 1. The molecule has 8 heteroatoms. The highest BCUT2D eigenvalue weighted by molar-refractivity contribution is 5.86. The number of guanidine groups is 1. The van der Waals surface area contributed by atoms with Gasteiger partial charge in [0.2, 0.25) is 5.91 Å². The highest BCUT2D eigenvalue weighted by Gasteiger charge is 2.27. The molecule has 8 nitrogen and oxygen atoms in total. The molecule has 0 heterocycles. The predicted octanol–water partition coefficient (Wildman–Crippen LogP) is 1.20. The average molecular weight is 371 g/mol. The summed E-state index contributed by atoms with van der Waals surface area (Å²) in [5.74, 6) is -1.50. The Morgan fingerprint density at radius 1 is 1.19 bits per heavy atom. The summed E-state index contributed by atoms with van der Waals surface area (Å²) in [6.07, 6.45) is 0.669. The Labute approximate surface area is 157 Å². The minimum atomic E-state index is -1.08. The van der Waals surface area contributed by atoms with Crippen LogP contribution in [0.3, 0.4) is 0 Å². The number of carbonyl (C=O) groups excluding carboxylic acids is 1. The molecular weight excluding hydrogens is 346 g/mol. The van der Waals surface area contributed by atoms with Crippen molar-refractivity contribution in [1.82, 2.24) is 10.4 Å². The minimum absolute atomic E-state index is 0.0422. The van der Waals surface area contributed by atoms with E-state index in [1.807, 2.05) is 42.5 Å². The standard InChI is InChI=1S/C19H25N5O3/c1-13(25)24(17(18(26)27)10-5-11-22-19(20)21)23-12-15-8-4-7-14-6-2-3-9-16(14)15/h2-4,6-9,17,23H,5,10-12H2,1H3,(H,26,27)(H4,20,21,22)/t17-/m0/s1. The summed E-state index contributed by atoms with van der Waals surface area (Å²) in [5.41, 5.74) is 14.5. The van der Waals surface area contributed by atoms with Crippen LogP contribution < -0.4 is 16.9 Å². The van der Waals surface area contributed by atoms with E-state index in [-0.39, 0.29) is 18.3 Å². The van der Waals surface area contributed by atoms with Crippen molar-refractivity contribution >= 4 is 28.6 Å². The average Bonchev–Trinajstić information content (AvgIpc) is 2.62. The summed E-state index contributed by atoms with van der Waals surface area (Å²) < 4.78 is 0. The van der Waals surface area contributed by atoms with E-state index in [9.17, 15) is 14.7 Å². The molecule has 0 aromatic heterocycles. The zero-order chi connectivity index (χ0) is 19.8. The van der Waals surface area contributed by atoms with Crippen LogP contribution >= 0.6 is 0 Å². The van der Waals surface area contributed by atoms with E-state index in [0.717, 1.165) is 16.3 Å². The SMILES string of the molecule is CC(=O)N(NCc1cccc2ccccc12)[C@@H](CCCN=C(N)N)C(=O)O. The molecule has 0 unspecified atom stereocenters. The van der Waals surface area contributed by atoms with E-state index >= 15 is 0 Å². The van der Waals surface area contributed by atoms with Crippen molar-refractivity contribution in [2.45, 2.75) is 32.4 Å². The number of carboxylic acid groups (broad SMARTS) is 1. The first-order valence-corrected chi connectivity index (χ1v) is 8.68. The largest absolute Gasteiger partial charge is 0.480 e. The van der Waals surface area contributed by atoms with Crippen molar-refractivity contribution in [3.63, 3.8) is 0 Å². The van der Waals surface area contributed by atoms with Crippen LogP contribution in [-0.4, -0.2) is 40.5 Å². The summed E-state index contributed by atoms with van der Waals surface area (Å²) in [5, 5.41) is 12.9. The maximum atomic E-state index is 12.0. The molecule has 2 aromatic carbocycles. The van der Waals surface area contributed by atoms with Gasteiger partial charge in [0.25, 0.3) is 0 Å². The van der Waals surface area contributed by atoms with Gasteiger partial charge in [-0.15, -0.1) is 0 Å². The fourth-order valence-electron chi connectivity index (χ4n) is 2.91. The van der Waals surface area contributed by atoms with Gasteiger partial charge >= 0.3 is 5.97 Å². The molecule has 0 fully saturated rings. The molecule has 0 aliphatic heterocycles. The first-order chi connectivity index (χ1) is 12.9. The third kappa shape index (κ3) is 5.68. The smallest absolute Gasteiger partial charge is 0.328 e. The number of benzene rings is 2. The first kappa shape index (κ1) is 20.2. The van der Waals surface area contributed by atoms with E-state index in [1.165, 1.54) is 11.9 Å². The monoisotopic (exact) mass is 371 g/mol. The molecule has 0 aliphatic carbocycles. The summed E-state index contributed by atoms with van der Waals surface area (Å²) in [6, 6.07) is 12.8. The van der Waals surface area contributed by atoms with Crippen molar-refractivity contribution in [2.75, 3.05) is 6.54 Å². The zero-order valence-electron chi connectivity index (χ0n) is 15.3. The van der Waals surface area contributed by atoms with E-state index in [2.05, 4.69) is 10.4 Å². The van der Waals surface area contributed by atoms with Gasteiger partial charge in [-0.05, 0) is 29.2 Å². The van der Waals surface area contributed by atoms with Crippen molar-refractivity contribution in [3.8, 4) is 0 Å². The van der Waals surface area contributed by atoms with Gasteiger partial charge in [0.05, 0.1) is 0 Å². The molecule has 0 bridgehead atoms. The van der Waals surface area contributed by atoms with Gasteiger partial charge in [-0.1, -0.05) is 42.5 Å². The molecule has 6 N–H and O–H groups in total. The number of nitrogens with two attached hydrogens (primary N) is 2. The number of hydrogen-bond donors (Lipinski definition) is 4. The number of carboxylic acids is 1. The van der Waals surface area contributed by atoms with Crippen LogP contribution in [0, 0.1) is 0 Å². The fourth-order valence-corrected chi connectivity index (χ4v) is 2.91. The van der Waals surface area contributed by atoms with E-state index in [1.54, 1.807) is 0 Å². The van der Waals surface area contributed by atoms with E-state index in [0.29, 0.717) is 19.5 Å². The minimum Gasteiger partial charge on any atom is -0.480 e. The maximum Gasteiger partial charge on any atom is 0.328 e. The number of hydrazine groups is 1. The number of fused-ring (bicyclic) bond motifs is 1. The molecule has 2 aromatic rings. The molecule has 27 heavy (non-hydrogen) atoms. The highest BCUT2D eigenvalue weighted by Crippen LogP contribution is 2.18. The zero-order valence-corrected chi connectivity index (χ0v) is 15.3. The second-order valence-corrected chi connectivity index (χ2v) is 6.17. The second kappa shape index (κ2) is 9.54. The quantitative estimate of drug-likeness (QED) is 0.226. The molecule has 2 rings (SSSR count). The van der Waals surface area contributed by atoms with Crippen molar-refractivity contribution in [3.05, 3.63) is 48.0 Å². The molecule has 0 aliphatic rings. The van der Waals surface area contributed by atoms with Gasteiger partial charge in [-0.25, -0.2) is 10.2 Å². The molecule has 0 spiro atoms. The Kier molecular flexibility index (Phi) is 7.13. The lowest BCUT2D eigenvalue weighted by atomic mass is 10.0. The topological polar surface area (TPSA) is 134 Å². The number of carbonyl (C=O) groups is 2. The Balaban J connectivity index is 2.11. The van der Waals surface area contributed by atoms with Gasteiger partial charge in [0.15, 0.2) is 5.96 Å². The fraction of sp³-hybridized carbons (Fsp3) is 0.316. The summed E-state index contributed by atoms with van der Waals surface area (Å²) in [6.45, 7) is 1.97. The maximum absolute atomic E-state index is 12.0. The molecule has 0 saturated carbocycles. The number of nitrogens with one attached hydrogen (secondary N) is 1. The van der Waals surface area contributed by atoms with Gasteiger partial charge in [-0.2, -0.15) is 0 Å². The molecule has 0 radical (unpaired) electrons. The van der Waals surface area contributed by atoms with Crippen LogP contribution in [0.4, 0.5) is 0 Å². The molecular formula is C19H25N5O3. The molecule has 1 atom stereocenters. The third-order valence-electron chi connectivity index (χ3n) is 4.19. The Bertz CT molecular complexity index is 828. The first-order valence-electron chi connectivity index (χ1n) is 8.68. The van der Waals surface area contributed by atoms with Crippen LogP contribution in [0.1, 0.15) is 25.3 Å². The molecule has 0 saturated heterocycles. The van der Waals surface area contributed by atoms with Gasteiger partial charge in [-0.3, -0.25) is 14.8 Å². The lowest BCUT2D eigenvalue weighted by Gasteiger charge is -2.28. The van der Waals surface area contributed by atoms with Gasteiger partial charge in [0, 0.05) is 20.0 Å². The number of hydrogen-bond acceptors (Lipinski definition) is 4. The summed E-state index contributed by atoms with van der Waals surface area (Å²) >= 11 is 0. The Morgan fingerprint density at radius 3 is 2.56 bits per heavy atom.